The molecule has 0 fully saturated rings. The van der Waals surface area contributed by atoms with E-state index in [2.05, 4.69) is 47.9 Å². The van der Waals surface area contributed by atoms with Crippen LogP contribution in [0.15, 0.2) is 48.5 Å². The molecule has 0 aliphatic rings. The maximum Gasteiger partial charge on any atom is 0.239 e. The molecule has 0 aliphatic carbocycles. The van der Waals surface area contributed by atoms with E-state index >= 15 is 0 Å². The molecule has 2 amide bonds. The van der Waals surface area contributed by atoms with Crippen LogP contribution in [0.3, 0.4) is 0 Å². The summed E-state index contributed by atoms with van der Waals surface area (Å²) in [6.07, 6.45) is 0. The lowest BCUT2D eigenvalue weighted by molar-refractivity contribution is -0.127. The van der Waals surface area contributed by atoms with E-state index in [0.717, 1.165) is 16.7 Å². The van der Waals surface area contributed by atoms with Crippen molar-refractivity contribution in [3.63, 3.8) is 0 Å². The molecule has 5 nitrogen and oxygen atoms in total. The summed E-state index contributed by atoms with van der Waals surface area (Å²) in [4.78, 5) is 23.7. The SMILES string of the molecule is Cc1ccc(-c2cccc(CNC(=O)CNC(=O)[C@@H](N)C(C)C)c2)cc1.Cl. The van der Waals surface area contributed by atoms with Gasteiger partial charge in [0, 0.05) is 6.54 Å². The van der Waals surface area contributed by atoms with Gasteiger partial charge in [0.1, 0.15) is 0 Å². The Morgan fingerprint density at radius 3 is 2.30 bits per heavy atom. The molecule has 1 atom stereocenters. The summed E-state index contributed by atoms with van der Waals surface area (Å²) in [6, 6.07) is 15.8. The van der Waals surface area contributed by atoms with Crippen LogP contribution in [0.1, 0.15) is 25.0 Å². The lowest BCUT2D eigenvalue weighted by atomic mass is 10.0. The number of amides is 2. The third-order valence-corrected chi connectivity index (χ3v) is 4.25. The van der Waals surface area contributed by atoms with Gasteiger partial charge in [0.05, 0.1) is 12.6 Å². The first-order valence-electron chi connectivity index (χ1n) is 8.83. The molecule has 2 aromatic carbocycles. The zero-order valence-electron chi connectivity index (χ0n) is 16.0. The normalized spacial score (nSPS) is 11.4. The number of rotatable bonds is 7. The van der Waals surface area contributed by atoms with Gasteiger partial charge in [-0.3, -0.25) is 9.59 Å². The van der Waals surface area contributed by atoms with E-state index in [1.54, 1.807) is 0 Å². The first kappa shape index (κ1) is 22.7. The highest BCUT2D eigenvalue weighted by molar-refractivity contribution is 5.87. The number of hydrogen-bond acceptors (Lipinski definition) is 3. The molecule has 2 rings (SSSR count). The van der Waals surface area contributed by atoms with Gasteiger partial charge in [-0.05, 0) is 35.6 Å². The van der Waals surface area contributed by atoms with E-state index in [4.69, 9.17) is 5.73 Å². The number of aryl methyl sites for hydroxylation is 1. The zero-order valence-corrected chi connectivity index (χ0v) is 16.8. The second-order valence-electron chi connectivity index (χ2n) is 6.83. The molecule has 0 saturated carbocycles. The average Bonchev–Trinajstić information content (AvgIpc) is 2.64. The van der Waals surface area contributed by atoms with Crippen LogP contribution in [0.4, 0.5) is 0 Å². The first-order chi connectivity index (χ1) is 12.4. The van der Waals surface area contributed by atoms with E-state index in [-0.39, 0.29) is 36.7 Å². The van der Waals surface area contributed by atoms with Gasteiger partial charge in [-0.25, -0.2) is 0 Å². The molecule has 0 bridgehead atoms. The topological polar surface area (TPSA) is 84.2 Å². The van der Waals surface area contributed by atoms with Gasteiger partial charge in [-0.2, -0.15) is 0 Å². The van der Waals surface area contributed by atoms with Crippen LogP contribution in [0.25, 0.3) is 11.1 Å². The molecule has 6 heteroatoms. The molecule has 0 spiro atoms. The predicted molar refractivity (Wildman–Crippen MR) is 112 cm³/mol. The van der Waals surface area contributed by atoms with E-state index in [9.17, 15) is 9.59 Å². The van der Waals surface area contributed by atoms with Gasteiger partial charge in [0.2, 0.25) is 11.8 Å². The Kier molecular flexibility index (Phi) is 8.98. The van der Waals surface area contributed by atoms with Crippen molar-refractivity contribution in [1.82, 2.24) is 10.6 Å². The number of benzene rings is 2. The third-order valence-electron chi connectivity index (χ3n) is 4.25. The number of nitrogens with one attached hydrogen (secondary N) is 2. The molecular formula is C21H28ClN3O2. The second-order valence-corrected chi connectivity index (χ2v) is 6.83. The molecule has 0 aromatic heterocycles. The molecule has 0 aliphatic heterocycles. The summed E-state index contributed by atoms with van der Waals surface area (Å²) in [5, 5.41) is 5.38. The van der Waals surface area contributed by atoms with Gasteiger partial charge in [0.25, 0.3) is 0 Å². The summed E-state index contributed by atoms with van der Waals surface area (Å²) < 4.78 is 0. The fraction of sp³-hybridized carbons (Fsp3) is 0.333. The van der Waals surface area contributed by atoms with Crippen molar-refractivity contribution in [3.8, 4) is 11.1 Å². The van der Waals surface area contributed by atoms with Crippen LogP contribution in [-0.4, -0.2) is 24.4 Å². The third kappa shape index (κ3) is 7.04. The van der Waals surface area contributed by atoms with Crippen LogP contribution in [0.2, 0.25) is 0 Å². The van der Waals surface area contributed by atoms with Crippen molar-refractivity contribution in [2.45, 2.75) is 33.4 Å². The second kappa shape index (κ2) is 10.7. The molecular weight excluding hydrogens is 362 g/mol. The van der Waals surface area contributed by atoms with Gasteiger partial charge in [-0.1, -0.05) is 61.9 Å². The fourth-order valence-electron chi connectivity index (χ4n) is 2.46. The first-order valence-corrected chi connectivity index (χ1v) is 8.83. The van der Waals surface area contributed by atoms with Crippen LogP contribution in [-0.2, 0) is 16.1 Å². The van der Waals surface area contributed by atoms with Gasteiger partial charge in [-0.15, -0.1) is 12.4 Å². The van der Waals surface area contributed by atoms with Crippen molar-refractivity contribution >= 4 is 24.2 Å². The monoisotopic (exact) mass is 389 g/mol. The van der Waals surface area contributed by atoms with Crippen molar-refractivity contribution in [3.05, 3.63) is 59.7 Å². The van der Waals surface area contributed by atoms with Crippen LogP contribution < -0.4 is 16.4 Å². The largest absolute Gasteiger partial charge is 0.350 e. The standard InChI is InChI=1S/C21H27N3O2.ClH/c1-14(2)20(22)21(26)24-13-19(25)23-12-16-5-4-6-18(11-16)17-9-7-15(3)8-10-17;/h4-11,14,20H,12-13,22H2,1-3H3,(H,23,25)(H,24,26);1H/t20-;/m0./s1. The van der Waals surface area contributed by atoms with Crippen LogP contribution in [0.5, 0.6) is 0 Å². The smallest absolute Gasteiger partial charge is 0.239 e. The number of hydrogen-bond donors (Lipinski definition) is 3. The Balaban J connectivity index is 0.00000364. The van der Waals surface area contributed by atoms with Crippen molar-refractivity contribution in [1.29, 1.82) is 0 Å². The molecule has 0 saturated heterocycles. The zero-order chi connectivity index (χ0) is 19.1. The van der Waals surface area contributed by atoms with E-state index in [1.165, 1.54) is 5.56 Å². The minimum Gasteiger partial charge on any atom is -0.350 e. The number of carbonyl (C=O) groups excluding carboxylic acids is 2. The maximum absolute atomic E-state index is 11.9. The highest BCUT2D eigenvalue weighted by atomic mass is 35.5. The van der Waals surface area contributed by atoms with E-state index < -0.39 is 6.04 Å². The molecule has 146 valence electrons. The van der Waals surface area contributed by atoms with Gasteiger partial charge in [0.15, 0.2) is 0 Å². The summed E-state index contributed by atoms with van der Waals surface area (Å²) in [7, 11) is 0. The van der Waals surface area contributed by atoms with E-state index in [1.807, 2.05) is 32.0 Å². The summed E-state index contributed by atoms with van der Waals surface area (Å²) in [6.45, 7) is 6.13. The molecule has 27 heavy (non-hydrogen) atoms. The van der Waals surface area contributed by atoms with Gasteiger partial charge < -0.3 is 16.4 Å². The molecule has 0 unspecified atom stereocenters. The maximum atomic E-state index is 11.9. The average molecular weight is 390 g/mol. The minimum atomic E-state index is -0.603. The quantitative estimate of drug-likeness (QED) is 0.680. The predicted octanol–water partition coefficient (Wildman–Crippen LogP) is 2.80. The van der Waals surface area contributed by atoms with E-state index in [0.29, 0.717) is 6.54 Å². The van der Waals surface area contributed by atoms with Crippen LogP contribution in [0, 0.1) is 12.8 Å². The Morgan fingerprint density at radius 2 is 1.67 bits per heavy atom. The lowest BCUT2D eigenvalue weighted by Crippen LogP contribution is -2.47. The number of nitrogens with two attached hydrogens (primary N) is 1. The molecule has 0 heterocycles. The summed E-state index contributed by atoms with van der Waals surface area (Å²) >= 11 is 0. The Bertz CT molecular complexity index is 760. The van der Waals surface area contributed by atoms with Crippen molar-refractivity contribution < 1.29 is 9.59 Å². The minimum absolute atomic E-state index is 0. The fourth-order valence-corrected chi connectivity index (χ4v) is 2.46. The lowest BCUT2D eigenvalue weighted by Gasteiger charge is -2.15. The molecule has 4 N–H and O–H groups in total. The Morgan fingerprint density at radius 1 is 1.00 bits per heavy atom. The Labute approximate surface area is 167 Å². The summed E-state index contributed by atoms with van der Waals surface area (Å²) in [5.74, 6) is -0.519. The molecule has 2 aromatic rings. The summed E-state index contributed by atoms with van der Waals surface area (Å²) in [5.41, 5.74) is 10.2. The van der Waals surface area contributed by atoms with Crippen molar-refractivity contribution in [2.24, 2.45) is 11.7 Å². The van der Waals surface area contributed by atoms with Crippen molar-refractivity contribution in [2.75, 3.05) is 6.54 Å². The van der Waals surface area contributed by atoms with Crippen LogP contribution >= 0.6 is 12.4 Å². The van der Waals surface area contributed by atoms with Gasteiger partial charge >= 0.3 is 0 Å². The number of halogens is 1. The number of carbonyl (C=O) groups is 2. The Hall–Kier alpha value is -2.37. The highest BCUT2D eigenvalue weighted by Gasteiger charge is 2.17. The highest BCUT2D eigenvalue weighted by Crippen LogP contribution is 2.20. The molecule has 0 radical (unpaired) electrons.